The first-order valence-corrected chi connectivity index (χ1v) is 7.45. The molecule has 0 spiro atoms. The van der Waals surface area contributed by atoms with Crippen molar-refractivity contribution in [3.8, 4) is 0 Å². The molecule has 22 heavy (non-hydrogen) atoms. The van der Waals surface area contributed by atoms with Gasteiger partial charge in [0.05, 0.1) is 0 Å². The highest BCUT2D eigenvalue weighted by Gasteiger charge is 2.19. The fourth-order valence-electron chi connectivity index (χ4n) is 2.58. The Hall–Kier alpha value is -2.62. The lowest BCUT2D eigenvalue weighted by molar-refractivity contribution is -0.128. The largest absolute Gasteiger partial charge is 0.338 e. The van der Waals surface area contributed by atoms with Crippen molar-refractivity contribution in [2.24, 2.45) is 0 Å². The van der Waals surface area contributed by atoms with Crippen molar-refractivity contribution >= 4 is 17.5 Å². The lowest BCUT2D eigenvalue weighted by Gasteiger charge is -2.15. The van der Waals surface area contributed by atoms with Crippen molar-refractivity contribution in [2.75, 3.05) is 11.9 Å². The normalized spacial score (nSPS) is 14.2. The fourth-order valence-corrected chi connectivity index (χ4v) is 2.58. The summed E-state index contributed by atoms with van der Waals surface area (Å²) in [6, 6.07) is 16.8. The van der Waals surface area contributed by atoms with Gasteiger partial charge < -0.3 is 10.2 Å². The minimum absolute atomic E-state index is 0.122. The maximum atomic E-state index is 12.1. The molecule has 2 aromatic carbocycles. The minimum Gasteiger partial charge on any atom is -0.338 e. The van der Waals surface area contributed by atoms with E-state index in [0.717, 1.165) is 24.2 Å². The summed E-state index contributed by atoms with van der Waals surface area (Å²) in [5.41, 5.74) is 2.47. The molecule has 1 heterocycles. The molecule has 0 atom stereocenters. The van der Waals surface area contributed by atoms with Gasteiger partial charge in [-0.3, -0.25) is 9.59 Å². The predicted molar refractivity (Wildman–Crippen MR) is 85.5 cm³/mol. The molecule has 4 heteroatoms. The van der Waals surface area contributed by atoms with Gasteiger partial charge in [-0.05, 0) is 36.2 Å². The highest BCUT2D eigenvalue weighted by atomic mass is 16.2. The van der Waals surface area contributed by atoms with Crippen LogP contribution in [0.1, 0.15) is 28.8 Å². The van der Waals surface area contributed by atoms with E-state index in [1.807, 2.05) is 47.4 Å². The van der Waals surface area contributed by atoms with Crippen molar-refractivity contribution in [1.82, 2.24) is 4.90 Å². The Morgan fingerprint density at radius 2 is 1.77 bits per heavy atom. The van der Waals surface area contributed by atoms with Gasteiger partial charge in [0.1, 0.15) is 0 Å². The van der Waals surface area contributed by atoms with Gasteiger partial charge in [-0.25, -0.2) is 0 Å². The van der Waals surface area contributed by atoms with E-state index < -0.39 is 0 Å². The van der Waals surface area contributed by atoms with Crippen LogP contribution in [0.15, 0.2) is 54.6 Å². The number of hydrogen-bond donors (Lipinski definition) is 1. The molecule has 1 N–H and O–H groups in total. The summed E-state index contributed by atoms with van der Waals surface area (Å²) in [6.07, 6.45) is 1.61. The Bertz CT molecular complexity index is 665. The van der Waals surface area contributed by atoms with Gasteiger partial charge in [-0.1, -0.05) is 30.3 Å². The molecule has 3 rings (SSSR count). The standard InChI is InChI=1S/C18H18N2O2/c21-17-7-4-12-20(17)13-14-8-10-16(11-9-14)19-18(22)15-5-2-1-3-6-15/h1-3,5-6,8-11H,4,7,12-13H2,(H,19,22). The van der Waals surface area contributed by atoms with Gasteiger partial charge in [0, 0.05) is 30.8 Å². The second-order valence-electron chi connectivity index (χ2n) is 5.44. The van der Waals surface area contributed by atoms with Crippen LogP contribution in [-0.4, -0.2) is 23.3 Å². The van der Waals surface area contributed by atoms with E-state index in [1.165, 1.54) is 0 Å². The van der Waals surface area contributed by atoms with E-state index >= 15 is 0 Å². The maximum Gasteiger partial charge on any atom is 0.255 e. The van der Waals surface area contributed by atoms with Crippen LogP contribution in [-0.2, 0) is 11.3 Å². The maximum absolute atomic E-state index is 12.1. The highest BCUT2D eigenvalue weighted by Crippen LogP contribution is 2.16. The van der Waals surface area contributed by atoms with Crippen molar-refractivity contribution in [2.45, 2.75) is 19.4 Å². The first-order valence-electron chi connectivity index (χ1n) is 7.45. The molecule has 1 aliphatic heterocycles. The quantitative estimate of drug-likeness (QED) is 0.942. The van der Waals surface area contributed by atoms with Crippen molar-refractivity contribution < 1.29 is 9.59 Å². The predicted octanol–water partition coefficient (Wildman–Crippen LogP) is 3.06. The average Bonchev–Trinajstić information content (AvgIpc) is 2.95. The molecular formula is C18H18N2O2. The Morgan fingerprint density at radius 1 is 1.05 bits per heavy atom. The molecule has 4 nitrogen and oxygen atoms in total. The minimum atomic E-state index is -0.122. The number of benzene rings is 2. The number of carbonyl (C=O) groups is 2. The molecule has 2 amide bonds. The SMILES string of the molecule is O=C(Nc1ccc(CN2CCCC2=O)cc1)c1ccccc1. The van der Waals surface area contributed by atoms with Gasteiger partial charge in [0.15, 0.2) is 0 Å². The monoisotopic (exact) mass is 294 g/mol. The number of rotatable bonds is 4. The summed E-state index contributed by atoms with van der Waals surface area (Å²) in [5.74, 6) is 0.101. The third-order valence-corrected chi connectivity index (χ3v) is 3.79. The number of amides is 2. The van der Waals surface area contributed by atoms with Crippen LogP contribution in [0.4, 0.5) is 5.69 Å². The molecule has 0 aromatic heterocycles. The Morgan fingerprint density at radius 3 is 2.41 bits per heavy atom. The van der Waals surface area contributed by atoms with Crippen molar-refractivity contribution in [1.29, 1.82) is 0 Å². The van der Waals surface area contributed by atoms with Crippen LogP contribution in [0, 0.1) is 0 Å². The van der Waals surface area contributed by atoms with Crippen LogP contribution < -0.4 is 5.32 Å². The first kappa shape index (κ1) is 14.3. The summed E-state index contributed by atoms with van der Waals surface area (Å²) >= 11 is 0. The summed E-state index contributed by atoms with van der Waals surface area (Å²) in [4.78, 5) is 25.5. The van der Waals surface area contributed by atoms with Gasteiger partial charge >= 0.3 is 0 Å². The summed E-state index contributed by atoms with van der Waals surface area (Å²) in [7, 11) is 0. The third-order valence-electron chi connectivity index (χ3n) is 3.79. The topological polar surface area (TPSA) is 49.4 Å². The second-order valence-corrected chi connectivity index (χ2v) is 5.44. The Kier molecular flexibility index (Phi) is 4.19. The van der Waals surface area contributed by atoms with Crippen molar-refractivity contribution in [3.05, 3.63) is 65.7 Å². The summed E-state index contributed by atoms with van der Waals surface area (Å²) in [5, 5.41) is 2.87. The lowest BCUT2D eigenvalue weighted by atomic mass is 10.1. The number of hydrogen-bond acceptors (Lipinski definition) is 2. The van der Waals surface area contributed by atoms with E-state index in [2.05, 4.69) is 5.32 Å². The molecule has 1 saturated heterocycles. The number of likely N-dealkylation sites (tertiary alicyclic amines) is 1. The van der Waals surface area contributed by atoms with Gasteiger partial charge in [0.2, 0.25) is 5.91 Å². The van der Waals surface area contributed by atoms with Gasteiger partial charge in [0.25, 0.3) is 5.91 Å². The van der Waals surface area contributed by atoms with Gasteiger partial charge in [-0.2, -0.15) is 0 Å². The number of anilines is 1. The van der Waals surface area contributed by atoms with E-state index in [-0.39, 0.29) is 11.8 Å². The Balaban J connectivity index is 1.62. The van der Waals surface area contributed by atoms with E-state index in [4.69, 9.17) is 0 Å². The van der Waals surface area contributed by atoms with Crippen LogP contribution in [0.25, 0.3) is 0 Å². The van der Waals surface area contributed by atoms with Crippen molar-refractivity contribution in [3.63, 3.8) is 0 Å². The molecule has 0 radical (unpaired) electrons. The molecule has 1 fully saturated rings. The van der Waals surface area contributed by atoms with E-state index in [0.29, 0.717) is 18.5 Å². The molecule has 0 unspecified atom stereocenters. The highest BCUT2D eigenvalue weighted by molar-refractivity contribution is 6.04. The van der Waals surface area contributed by atoms with Crippen LogP contribution in [0.5, 0.6) is 0 Å². The molecule has 112 valence electrons. The number of carbonyl (C=O) groups excluding carboxylic acids is 2. The second kappa shape index (κ2) is 6.43. The van der Waals surface area contributed by atoms with Crippen LogP contribution in [0.3, 0.4) is 0 Å². The first-order chi connectivity index (χ1) is 10.7. The average molecular weight is 294 g/mol. The Labute approximate surface area is 129 Å². The molecule has 0 saturated carbocycles. The molecule has 0 bridgehead atoms. The van der Waals surface area contributed by atoms with E-state index in [9.17, 15) is 9.59 Å². The third kappa shape index (κ3) is 3.34. The molecule has 0 aliphatic carbocycles. The zero-order valence-corrected chi connectivity index (χ0v) is 12.3. The molecule has 2 aromatic rings. The van der Waals surface area contributed by atoms with Crippen LogP contribution >= 0.6 is 0 Å². The van der Waals surface area contributed by atoms with Gasteiger partial charge in [-0.15, -0.1) is 0 Å². The van der Waals surface area contributed by atoms with Crippen LogP contribution in [0.2, 0.25) is 0 Å². The van der Waals surface area contributed by atoms with E-state index in [1.54, 1.807) is 12.1 Å². The number of nitrogens with zero attached hydrogens (tertiary/aromatic N) is 1. The lowest BCUT2D eigenvalue weighted by Crippen LogP contribution is -2.23. The zero-order valence-electron chi connectivity index (χ0n) is 12.3. The number of nitrogens with one attached hydrogen (secondary N) is 1. The molecular weight excluding hydrogens is 276 g/mol. The fraction of sp³-hybridized carbons (Fsp3) is 0.222. The zero-order chi connectivity index (χ0) is 15.4. The smallest absolute Gasteiger partial charge is 0.255 e. The summed E-state index contributed by atoms with van der Waals surface area (Å²) < 4.78 is 0. The summed E-state index contributed by atoms with van der Waals surface area (Å²) in [6.45, 7) is 1.48. The molecule has 1 aliphatic rings.